The summed E-state index contributed by atoms with van der Waals surface area (Å²) < 4.78 is 5.37. The normalized spacial score (nSPS) is 18.4. The van der Waals surface area contributed by atoms with Crippen molar-refractivity contribution in [1.82, 2.24) is 4.90 Å². The molecule has 1 unspecified atom stereocenters. The number of rotatable bonds is 6. The summed E-state index contributed by atoms with van der Waals surface area (Å²) in [5.74, 6) is -2.01. The summed E-state index contributed by atoms with van der Waals surface area (Å²) in [5.41, 5.74) is 0.243. The maximum atomic E-state index is 12.7. The van der Waals surface area contributed by atoms with Crippen LogP contribution in [-0.4, -0.2) is 46.0 Å². The number of carbonyl (C=O) groups is 3. The van der Waals surface area contributed by atoms with Crippen molar-refractivity contribution in [1.29, 1.82) is 0 Å². The summed E-state index contributed by atoms with van der Waals surface area (Å²) >= 11 is 0. The molecule has 1 aromatic rings. The Hall–Kier alpha value is -2.37. The van der Waals surface area contributed by atoms with E-state index in [1.807, 2.05) is 30.3 Å². The van der Waals surface area contributed by atoms with Crippen molar-refractivity contribution in [3.05, 3.63) is 35.9 Å². The summed E-state index contributed by atoms with van der Waals surface area (Å²) in [6.07, 6.45) is 0.958. The summed E-state index contributed by atoms with van der Waals surface area (Å²) in [4.78, 5) is 38.1. The van der Waals surface area contributed by atoms with Crippen LogP contribution in [0.1, 0.15) is 45.6 Å². The van der Waals surface area contributed by atoms with Gasteiger partial charge in [0.25, 0.3) is 0 Å². The lowest BCUT2D eigenvalue weighted by molar-refractivity contribution is -0.144. The van der Waals surface area contributed by atoms with Crippen molar-refractivity contribution >= 4 is 17.8 Å². The molecule has 6 heteroatoms. The monoisotopic (exact) mass is 361 g/mol. The molecule has 0 saturated carbocycles. The number of carboxylic acid groups (broad SMARTS) is 1. The average molecular weight is 361 g/mol. The standard InChI is InChI=1S/C20H27NO5/c1-20(2,3)26-19(25)21-11-7-10-16(21)17(22)13-15(18(23)24)12-14-8-5-4-6-9-14/h4-6,8-9,15-16H,7,10-13H2,1-3H3,(H,23,24)/t15?,16-/m0/s1. The largest absolute Gasteiger partial charge is 0.481 e. The first kappa shape index (κ1) is 19.9. The number of Topliss-reactive ketones (excluding diaryl/α,β-unsaturated/α-hetero) is 1. The van der Waals surface area contributed by atoms with E-state index in [0.29, 0.717) is 25.8 Å². The third-order valence-corrected chi connectivity index (χ3v) is 4.37. The molecule has 0 bridgehead atoms. The van der Waals surface area contributed by atoms with E-state index in [1.54, 1.807) is 20.8 Å². The molecule has 2 rings (SSSR count). The molecule has 26 heavy (non-hydrogen) atoms. The number of hydrogen-bond donors (Lipinski definition) is 1. The third-order valence-electron chi connectivity index (χ3n) is 4.37. The summed E-state index contributed by atoms with van der Waals surface area (Å²) in [6.45, 7) is 5.79. The van der Waals surface area contributed by atoms with Crippen molar-refractivity contribution in [3.8, 4) is 0 Å². The highest BCUT2D eigenvalue weighted by Gasteiger charge is 2.37. The highest BCUT2D eigenvalue weighted by molar-refractivity contribution is 5.90. The number of benzene rings is 1. The lowest BCUT2D eigenvalue weighted by atomic mass is 9.91. The van der Waals surface area contributed by atoms with Crippen LogP contribution in [0, 0.1) is 5.92 Å². The van der Waals surface area contributed by atoms with Gasteiger partial charge in [-0.25, -0.2) is 4.79 Å². The molecule has 0 radical (unpaired) electrons. The number of likely N-dealkylation sites (tertiary alicyclic amines) is 1. The second-order valence-electron chi connectivity index (χ2n) is 7.73. The number of aliphatic carboxylic acids is 1. The van der Waals surface area contributed by atoms with Gasteiger partial charge in [0.05, 0.1) is 12.0 Å². The van der Waals surface area contributed by atoms with Gasteiger partial charge in [0.15, 0.2) is 5.78 Å². The Morgan fingerprint density at radius 1 is 1.23 bits per heavy atom. The smallest absolute Gasteiger partial charge is 0.410 e. The molecule has 0 aromatic heterocycles. The zero-order chi connectivity index (χ0) is 19.3. The van der Waals surface area contributed by atoms with Gasteiger partial charge in [-0.1, -0.05) is 30.3 Å². The third kappa shape index (κ3) is 5.58. The van der Waals surface area contributed by atoms with Crippen molar-refractivity contribution < 1.29 is 24.2 Å². The molecule has 1 amide bonds. The summed E-state index contributed by atoms with van der Waals surface area (Å²) in [7, 11) is 0. The van der Waals surface area contributed by atoms with Gasteiger partial charge >= 0.3 is 12.1 Å². The molecule has 1 heterocycles. The molecular formula is C20H27NO5. The summed E-state index contributed by atoms with van der Waals surface area (Å²) in [6, 6.07) is 8.66. The number of carbonyl (C=O) groups excluding carboxylic acids is 2. The number of nitrogens with zero attached hydrogens (tertiary/aromatic N) is 1. The van der Waals surface area contributed by atoms with Crippen LogP contribution in [0.5, 0.6) is 0 Å². The van der Waals surface area contributed by atoms with E-state index >= 15 is 0 Å². The second-order valence-corrected chi connectivity index (χ2v) is 7.73. The van der Waals surface area contributed by atoms with E-state index in [1.165, 1.54) is 4.90 Å². The minimum atomic E-state index is -0.996. The molecule has 2 atom stereocenters. The summed E-state index contributed by atoms with van der Waals surface area (Å²) in [5, 5.41) is 9.50. The second kappa shape index (κ2) is 8.34. The Bertz CT molecular complexity index is 650. The zero-order valence-electron chi connectivity index (χ0n) is 15.6. The lowest BCUT2D eigenvalue weighted by Gasteiger charge is -2.28. The number of ether oxygens (including phenoxy) is 1. The maximum absolute atomic E-state index is 12.7. The van der Waals surface area contributed by atoms with Crippen LogP contribution in [0.15, 0.2) is 30.3 Å². The van der Waals surface area contributed by atoms with Crippen LogP contribution in [0.4, 0.5) is 4.79 Å². The number of amides is 1. The van der Waals surface area contributed by atoms with Crippen LogP contribution in [0.25, 0.3) is 0 Å². The fourth-order valence-electron chi connectivity index (χ4n) is 3.16. The topological polar surface area (TPSA) is 83.9 Å². The Morgan fingerprint density at radius 2 is 1.88 bits per heavy atom. The predicted molar refractivity (Wildman–Crippen MR) is 96.9 cm³/mol. The van der Waals surface area contributed by atoms with Crippen molar-refractivity contribution in [2.24, 2.45) is 5.92 Å². The van der Waals surface area contributed by atoms with Crippen LogP contribution >= 0.6 is 0 Å². The van der Waals surface area contributed by atoms with E-state index in [9.17, 15) is 19.5 Å². The molecule has 0 spiro atoms. The van der Waals surface area contributed by atoms with Gasteiger partial charge in [0, 0.05) is 13.0 Å². The predicted octanol–water partition coefficient (Wildman–Crippen LogP) is 3.29. The van der Waals surface area contributed by atoms with E-state index in [0.717, 1.165) is 5.56 Å². The van der Waals surface area contributed by atoms with Crippen LogP contribution < -0.4 is 0 Å². The highest BCUT2D eigenvalue weighted by Crippen LogP contribution is 2.24. The minimum Gasteiger partial charge on any atom is -0.481 e. The van der Waals surface area contributed by atoms with E-state index in [4.69, 9.17) is 4.74 Å². The van der Waals surface area contributed by atoms with Crippen LogP contribution in [0.2, 0.25) is 0 Å². The van der Waals surface area contributed by atoms with Crippen LogP contribution in [0.3, 0.4) is 0 Å². The fourth-order valence-corrected chi connectivity index (χ4v) is 3.16. The maximum Gasteiger partial charge on any atom is 0.410 e. The van der Waals surface area contributed by atoms with Crippen LogP contribution in [-0.2, 0) is 20.7 Å². The quantitative estimate of drug-likeness (QED) is 0.840. The van der Waals surface area contributed by atoms with Gasteiger partial charge in [0.1, 0.15) is 5.60 Å². The van der Waals surface area contributed by atoms with Gasteiger partial charge < -0.3 is 9.84 Å². The van der Waals surface area contributed by atoms with Crippen molar-refractivity contribution in [2.75, 3.05) is 6.54 Å². The Balaban J connectivity index is 2.03. The Labute approximate surface area is 154 Å². The molecule has 1 aliphatic rings. The zero-order valence-corrected chi connectivity index (χ0v) is 15.6. The van der Waals surface area contributed by atoms with Crippen molar-refractivity contribution in [2.45, 2.75) is 58.1 Å². The molecule has 1 N–H and O–H groups in total. The fraction of sp³-hybridized carbons (Fsp3) is 0.550. The van der Waals surface area contributed by atoms with E-state index in [2.05, 4.69) is 0 Å². The molecule has 1 saturated heterocycles. The highest BCUT2D eigenvalue weighted by atomic mass is 16.6. The molecular weight excluding hydrogens is 334 g/mol. The van der Waals surface area contributed by atoms with Gasteiger partial charge in [-0.05, 0) is 45.6 Å². The molecule has 6 nitrogen and oxygen atoms in total. The van der Waals surface area contributed by atoms with E-state index < -0.39 is 29.6 Å². The number of ketones is 1. The average Bonchev–Trinajstić information content (AvgIpc) is 3.03. The molecule has 1 aromatic carbocycles. The number of carboxylic acids is 1. The Kier molecular flexibility index (Phi) is 6.40. The first-order valence-corrected chi connectivity index (χ1v) is 8.96. The van der Waals surface area contributed by atoms with Gasteiger partial charge in [-0.3, -0.25) is 14.5 Å². The SMILES string of the molecule is CC(C)(C)OC(=O)N1CCC[C@H]1C(=O)CC(Cc1ccccc1)C(=O)O. The molecule has 142 valence electrons. The van der Waals surface area contributed by atoms with Gasteiger partial charge in [-0.15, -0.1) is 0 Å². The number of hydrogen-bond acceptors (Lipinski definition) is 4. The lowest BCUT2D eigenvalue weighted by Crippen LogP contribution is -2.44. The first-order chi connectivity index (χ1) is 12.2. The first-order valence-electron chi connectivity index (χ1n) is 8.96. The molecule has 1 fully saturated rings. The van der Waals surface area contributed by atoms with Gasteiger partial charge in [-0.2, -0.15) is 0 Å². The Morgan fingerprint density at radius 3 is 2.46 bits per heavy atom. The molecule has 0 aliphatic carbocycles. The minimum absolute atomic E-state index is 0.0891. The van der Waals surface area contributed by atoms with Gasteiger partial charge in [0.2, 0.25) is 0 Å². The molecule has 1 aliphatic heterocycles. The van der Waals surface area contributed by atoms with E-state index in [-0.39, 0.29) is 12.2 Å². The van der Waals surface area contributed by atoms with Crippen molar-refractivity contribution in [3.63, 3.8) is 0 Å².